The first-order chi connectivity index (χ1) is 3.00. The quantitative estimate of drug-likeness (QED) is 0.396. The van der Waals surface area contributed by atoms with Crippen LogP contribution >= 0.6 is 0 Å². The van der Waals surface area contributed by atoms with E-state index in [-0.39, 0.29) is 0 Å². The molecular formula is C4H4N2. The summed E-state index contributed by atoms with van der Waals surface area (Å²) in [4.78, 5) is 7.39. The summed E-state index contributed by atoms with van der Waals surface area (Å²) in [5.74, 6) is 0. The summed E-state index contributed by atoms with van der Waals surface area (Å²) in [6.45, 7) is 0.670. The maximum atomic E-state index is 3.74. The third-order valence-electron chi connectivity index (χ3n) is 0.497. The summed E-state index contributed by atoms with van der Waals surface area (Å²) >= 11 is 0. The Hall–Kier alpha value is -0.660. The smallest absolute Gasteiger partial charge is 0.109 e. The molecule has 30 valence electrons. The van der Waals surface area contributed by atoms with Gasteiger partial charge in [0, 0.05) is 6.21 Å². The first-order valence-corrected chi connectivity index (χ1v) is 1.73. The van der Waals surface area contributed by atoms with E-state index in [0.717, 1.165) is 0 Å². The SMILES string of the molecule is [C]1C=NC=NC1. The molecule has 0 fully saturated rings. The average molecular weight is 80.1 g/mol. The standard InChI is InChI=1S/C4H4N2/c1-2-5-4-6-3-1/h2,4H,3H2. The van der Waals surface area contributed by atoms with Gasteiger partial charge in [-0.15, -0.1) is 0 Å². The number of aliphatic imine (C=N–C) groups is 2. The summed E-state index contributed by atoms with van der Waals surface area (Å²) in [6.07, 6.45) is 5.94. The van der Waals surface area contributed by atoms with Gasteiger partial charge in [0.15, 0.2) is 0 Å². The normalized spacial score (nSPS) is 18.7. The van der Waals surface area contributed by atoms with Crippen LogP contribution in [0.25, 0.3) is 0 Å². The zero-order valence-corrected chi connectivity index (χ0v) is 3.26. The third kappa shape index (κ3) is 0.641. The molecule has 0 aromatic rings. The molecule has 0 saturated carbocycles. The molecule has 0 spiro atoms. The molecular weight excluding hydrogens is 76.1 g/mol. The van der Waals surface area contributed by atoms with Gasteiger partial charge in [0.1, 0.15) is 6.34 Å². The highest BCUT2D eigenvalue weighted by atomic mass is 14.9. The molecule has 1 aliphatic rings. The lowest BCUT2D eigenvalue weighted by molar-refractivity contribution is 1.19. The molecule has 0 saturated heterocycles. The lowest BCUT2D eigenvalue weighted by Gasteiger charge is -1.86. The molecule has 0 amide bonds. The lowest BCUT2D eigenvalue weighted by Crippen LogP contribution is -1.89. The molecule has 1 heterocycles. The van der Waals surface area contributed by atoms with Crippen molar-refractivity contribution in [3.8, 4) is 0 Å². The van der Waals surface area contributed by atoms with Crippen molar-refractivity contribution in [2.24, 2.45) is 9.98 Å². The van der Waals surface area contributed by atoms with Crippen LogP contribution in [0.1, 0.15) is 0 Å². The van der Waals surface area contributed by atoms with Gasteiger partial charge in [0.25, 0.3) is 0 Å². The highest BCUT2D eigenvalue weighted by Gasteiger charge is 1.80. The van der Waals surface area contributed by atoms with E-state index in [1.54, 1.807) is 6.21 Å². The molecule has 0 N–H and O–H groups in total. The Morgan fingerprint density at radius 3 is 2.83 bits per heavy atom. The van der Waals surface area contributed by atoms with Gasteiger partial charge >= 0.3 is 0 Å². The van der Waals surface area contributed by atoms with Crippen LogP contribution in [0, 0.1) is 6.42 Å². The van der Waals surface area contributed by atoms with Gasteiger partial charge < -0.3 is 0 Å². The molecule has 0 aliphatic carbocycles. The van der Waals surface area contributed by atoms with Gasteiger partial charge in [-0.25, -0.2) is 4.99 Å². The summed E-state index contributed by atoms with van der Waals surface area (Å²) in [6, 6.07) is 0. The van der Waals surface area contributed by atoms with Gasteiger partial charge in [-0.2, -0.15) is 0 Å². The van der Waals surface area contributed by atoms with Crippen molar-refractivity contribution in [3.63, 3.8) is 0 Å². The van der Waals surface area contributed by atoms with E-state index in [4.69, 9.17) is 0 Å². The Morgan fingerprint density at radius 2 is 2.67 bits per heavy atom. The Labute approximate surface area is 36.6 Å². The van der Waals surface area contributed by atoms with E-state index < -0.39 is 0 Å². The molecule has 2 nitrogen and oxygen atoms in total. The van der Waals surface area contributed by atoms with Crippen LogP contribution in [0.15, 0.2) is 9.98 Å². The van der Waals surface area contributed by atoms with Crippen molar-refractivity contribution < 1.29 is 0 Å². The predicted molar refractivity (Wildman–Crippen MR) is 25.1 cm³/mol. The van der Waals surface area contributed by atoms with Gasteiger partial charge in [-0.05, 0) is 0 Å². The highest BCUT2D eigenvalue weighted by Crippen LogP contribution is 1.78. The molecule has 0 aromatic heterocycles. The molecule has 0 aromatic carbocycles. The number of hydrogen-bond acceptors (Lipinski definition) is 2. The Morgan fingerprint density at radius 1 is 1.67 bits per heavy atom. The first-order valence-electron chi connectivity index (χ1n) is 1.73. The Balaban J connectivity index is 2.46. The van der Waals surface area contributed by atoms with Crippen molar-refractivity contribution >= 4 is 12.6 Å². The fraction of sp³-hybridized carbons (Fsp3) is 0.250. The summed E-state index contributed by atoms with van der Waals surface area (Å²) in [5, 5.41) is 0. The molecule has 6 heavy (non-hydrogen) atoms. The molecule has 2 heteroatoms. The van der Waals surface area contributed by atoms with Crippen LogP contribution in [0.3, 0.4) is 0 Å². The van der Waals surface area contributed by atoms with Crippen molar-refractivity contribution in [3.05, 3.63) is 6.42 Å². The summed E-state index contributed by atoms with van der Waals surface area (Å²) in [7, 11) is 0. The minimum absolute atomic E-state index is 0.670. The van der Waals surface area contributed by atoms with Crippen LogP contribution in [-0.2, 0) is 0 Å². The van der Waals surface area contributed by atoms with Crippen LogP contribution in [0.2, 0.25) is 0 Å². The van der Waals surface area contributed by atoms with Gasteiger partial charge in [0.2, 0.25) is 0 Å². The third-order valence-corrected chi connectivity index (χ3v) is 0.497. The van der Waals surface area contributed by atoms with E-state index >= 15 is 0 Å². The first kappa shape index (κ1) is 3.53. The van der Waals surface area contributed by atoms with Crippen LogP contribution in [0.4, 0.5) is 0 Å². The number of nitrogens with zero attached hydrogens (tertiary/aromatic N) is 2. The Bertz CT molecular complexity index is 71.5. The zero-order chi connectivity index (χ0) is 4.24. The van der Waals surface area contributed by atoms with E-state index in [9.17, 15) is 0 Å². The van der Waals surface area contributed by atoms with Gasteiger partial charge in [-0.3, -0.25) is 4.99 Å². The van der Waals surface area contributed by atoms with Crippen LogP contribution in [0.5, 0.6) is 0 Å². The largest absolute Gasteiger partial charge is 0.272 e. The van der Waals surface area contributed by atoms with Gasteiger partial charge in [-0.1, -0.05) is 0 Å². The molecule has 0 bridgehead atoms. The predicted octanol–water partition coefficient (Wildman–Crippen LogP) is 0.180. The van der Waals surface area contributed by atoms with Crippen molar-refractivity contribution in [2.75, 3.05) is 6.54 Å². The second-order valence-electron chi connectivity index (χ2n) is 0.938. The molecule has 1 aliphatic heterocycles. The minimum Gasteiger partial charge on any atom is -0.272 e. The second kappa shape index (κ2) is 1.70. The fourth-order valence-electron chi connectivity index (χ4n) is 0.268. The van der Waals surface area contributed by atoms with Crippen LogP contribution < -0.4 is 0 Å². The maximum Gasteiger partial charge on any atom is 0.109 e. The zero-order valence-electron chi connectivity index (χ0n) is 3.26. The van der Waals surface area contributed by atoms with E-state index in [1.165, 1.54) is 6.34 Å². The Kier molecular flexibility index (Phi) is 0.998. The van der Waals surface area contributed by atoms with Crippen molar-refractivity contribution in [2.45, 2.75) is 0 Å². The molecule has 2 radical (unpaired) electrons. The molecule has 0 atom stereocenters. The molecule has 0 unspecified atom stereocenters. The van der Waals surface area contributed by atoms with Crippen LogP contribution in [-0.4, -0.2) is 19.1 Å². The minimum atomic E-state index is 0.670. The van der Waals surface area contributed by atoms with E-state index in [2.05, 4.69) is 16.4 Å². The second-order valence-corrected chi connectivity index (χ2v) is 0.938. The topological polar surface area (TPSA) is 24.7 Å². The fourth-order valence-corrected chi connectivity index (χ4v) is 0.268. The van der Waals surface area contributed by atoms with E-state index in [1.807, 2.05) is 0 Å². The average Bonchev–Trinajstić information content (AvgIpc) is 1.72. The van der Waals surface area contributed by atoms with Gasteiger partial charge in [0.05, 0.1) is 13.0 Å². The molecule has 1 rings (SSSR count). The highest BCUT2D eigenvalue weighted by molar-refractivity contribution is 5.80. The number of rotatable bonds is 0. The van der Waals surface area contributed by atoms with Crippen molar-refractivity contribution in [1.82, 2.24) is 0 Å². The lowest BCUT2D eigenvalue weighted by atomic mass is 10.4. The maximum absolute atomic E-state index is 3.74. The summed E-state index contributed by atoms with van der Waals surface area (Å²) < 4.78 is 0. The number of hydrogen-bond donors (Lipinski definition) is 0. The monoisotopic (exact) mass is 80.0 g/mol. The summed E-state index contributed by atoms with van der Waals surface area (Å²) in [5.41, 5.74) is 0. The van der Waals surface area contributed by atoms with Crippen molar-refractivity contribution in [1.29, 1.82) is 0 Å². The van der Waals surface area contributed by atoms with E-state index in [0.29, 0.717) is 6.54 Å².